The van der Waals surface area contributed by atoms with Crippen molar-refractivity contribution in [2.45, 2.75) is 46.1 Å². The Morgan fingerprint density at radius 1 is 1.04 bits per heavy atom. The van der Waals surface area contributed by atoms with Gasteiger partial charge in [-0.25, -0.2) is 0 Å². The van der Waals surface area contributed by atoms with Gasteiger partial charge in [0.25, 0.3) is 0 Å². The smallest absolute Gasteiger partial charge is 0.229 e. The van der Waals surface area contributed by atoms with E-state index >= 15 is 0 Å². The Balaban J connectivity index is 2.21. The highest BCUT2D eigenvalue weighted by molar-refractivity contribution is 5.94. The van der Waals surface area contributed by atoms with Crippen LogP contribution in [0.25, 0.3) is 0 Å². The van der Waals surface area contributed by atoms with Crippen LogP contribution in [0.3, 0.4) is 0 Å². The number of amides is 2. The summed E-state index contributed by atoms with van der Waals surface area (Å²) in [5, 5.41) is 2.92. The highest BCUT2D eigenvalue weighted by Crippen LogP contribution is 2.22. The normalized spacial score (nSPS) is 11.7. The first-order chi connectivity index (χ1) is 12.5. The summed E-state index contributed by atoms with van der Waals surface area (Å²) >= 11 is 0. The first-order valence-electron chi connectivity index (χ1n) is 9.20. The highest BCUT2D eigenvalue weighted by atomic mass is 16.2. The number of nitrogens with zero attached hydrogens (tertiary/aromatic N) is 1. The average molecular weight is 352 g/mol. The minimum Gasteiger partial charge on any atom is -0.349 e. The molecule has 1 unspecified atom stereocenters. The van der Waals surface area contributed by atoms with Gasteiger partial charge in [-0.05, 0) is 31.0 Å². The van der Waals surface area contributed by atoms with Crippen LogP contribution in [0.5, 0.6) is 0 Å². The summed E-state index contributed by atoms with van der Waals surface area (Å²) in [4.78, 5) is 26.5. The number of carbonyl (C=O) groups is 2. The molecule has 1 N–H and O–H groups in total. The lowest BCUT2D eigenvalue weighted by atomic mass is 10.0. The first-order valence-corrected chi connectivity index (χ1v) is 9.20. The van der Waals surface area contributed by atoms with E-state index in [0.29, 0.717) is 6.54 Å². The Morgan fingerprint density at radius 3 is 2.27 bits per heavy atom. The molecule has 0 aromatic heterocycles. The molecule has 138 valence electrons. The number of nitrogens with one attached hydrogen (secondary N) is 1. The third-order valence-electron chi connectivity index (χ3n) is 4.34. The van der Waals surface area contributed by atoms with Crippen LogP contribution >= 0.6 is 0 Å². The van der Waals surface area contributed by atoms with Crippen molar-refractivity contribution in [1.82, 2.24) is 5.32 Å². The van der Waals surface area contributed by atoms with E-state index < -0.39 is 0 Å². The largest absolute Gasteiger partial charge is 0.349 e. The molecule has 1 atom stereocenters. The molecule has 4 nitrogen and oxygen atoms in total. The van der Waals surface area contributed by atoms with Gasteiger partial charge in [0.2, 0.25) is 11.8 Å². The quantitative estimate of drug-likeness (QED) is 0.766. The first kappa shape index (κ1) is 19.7. The van der Waals surface area contributed by atoms with Gasteiger partial charge < -0.3 is 10.2 Å². The zero-order valence-corrected chi connectivity index (χ0v) is 15.9. The fourth-order valence-electron chi connectivity index (χ4n) is 2.90. The number of rotatable bonds is 8. The van der Waals surface area contributed by atoms with Crippen LogP contribution in [-0.4, -0.2) is 18.4 Å². The predicted molar refractivity (Wildman–Crippen MR) is 106 cm³/mol. The van der Waals surface area contributed by atoms with Gasteiger partial charge in [0.1, 0.15) is 0 Å². The highest BCUT2D eigenvalue weighted by Gasteiger charge is 2.22. The van der Waals surface area contributed by atoms with Crippen molar-refractivity contribution in [2.75, 3.05) is 11.4 Å². The number of benzene rings is 2. The molecule has 2 rings (SSSR count). The second-order valence-corrected chi connectivity index (χ2v) is 6.60. The SMILES string of the molecule is CCCCN(C(=O)CC(NC(C)=O)c1ccc(C)cc1)c1ccccc1. The minimum atomic E-state index is -0.326. The number of carbonyl (C=O) groups excluding carboxylic acids is 2. The summed E-state index contributed by atoms with van der Waals surface area (Å²) in [5.74, 6) is -0.118. The van der Waals surface area contributed by atoms with Gasteiger partial charge in [0, 0.05) is 19.2 Å². The molecule has 0 saturated carbocycles. The zero-order chi connectivity index (χ0) is 18.9. The molecule has 0 bridgehead atoms. The van der Waals surface area contributed by atoms with Crippen LogP contribution in [0.2, 0.25) is 0 Å². The Kier molecular flexibility index (Phi) is 7.39. The van der Waals surface area contributed by atoms with E-state index in [9.17, 15) is 9.59 Å². The molecule has 26 heavy (non-hydrogen) atoms. The maximum atomic E-state index is 13.1. The predicted octanol–water partition coefficient (Wildman–Crippen LogP) is 4.40. The van der Waals surface area contributed by atoms with E-state index in [1.165, 1.54) is 6.92 Å². The van der Waals surface area contributed by atoms with Gasteiger partial charge in [0.05, 0.1) is 12.5 Å². The standard InChI is InChI=1S/C22H28N2O2/c1-4-5-15-24(20-9-7-6-8-10-20)22(26)16-21(23-18(3)25)19-13-11-17(2)12-14-19/h6-14,21H,4-5,15-16H2,1-3H3,(H,23,25). The van der Waals surface area contributed by atoms with Crippen molar-refractivity contribution in [3.05, 3.63) is 65.7 Å². The lowest BCUT2D eigenvalue weighted by Crippen LogP contribution is -2.36. The van der Waals surface area contributed by atoms with Crippen molar-refractivity contribution in [3.8, 4) is 0 Å². The molecule has 0 aliphatic heterocycles. The van der Waals surface area contributed by atoms with Crippen LogP contribution in [0, 0.1) is 6.92 Å². The Labute approximate surface area is 156 Å². The number of anilines is 1. The summed E-state index contributed by atoms with van der Waals surface area (Å²) in [6.45, 7) is 6.29. The van der Waals surface area contributed by atoms with Gasteiger partial charge in [-0.1, -0.05) is 61.4 Å². The summed E-state index contributed by atoms with van der Waals surface area (Å²) in [6, 6.07) is 17.3. The van der Waals surface area contributed by atoms with Gasteiger partial charge in [-0.2, -0.15) is 0 Å². The molecule has 2 aromatic rings. The molecule has 0 saturated heterocycles. The number of para-hydroxylation sites is 1. The Morgan fingerprint density at radius 2 is 1.69 bits per heavy atom. The van der Waals surface area contributed by atoms with E-state index in [-0.39, 0.29) is 24.3 Å². The molecule has 0 spiro atoms. The monoisotopic (exact) mass is 352 g/mol. The Bertz CT molecular complexity index is 711. The van der Waals surface area contributed by atoms with Crippen LogP contribution in [-0.2, 0) is 9.59 Å². The maximum Gasteiger partial charge on any atom is 0.229 e. The fraction of sp³-hybridized carbons (Fsp3) is 0.364. The molecule has 0 aliphatic carbocycles. The zero-order valence-electron chi connectivity index (χ0n) is 15.9. The number of unbranched alkanes of at least 4 members (excludes halogenated alkanes) is 1. The van der Waals surface area contributed by atoms with E-state index in [0.717, 1.165) is 29.7 Å². The van der Waals surface area contributed by atoms with Crippen LogP contribution in [0.1, 0.15) is 50.3 Å². The average Bonchev–Trinajstić information content (AvgIpc) is 2.62. The summed E-state index contributed by atoms with van der Waals surface area (Å²) in [7, 11) is 0. The Hall–Kier alpha value is -2.62. The van der Waals surface area contributed by atoms with Crippen molar-refractivity contribution in [2.24, 2.45) is 0 Å². The summed E-state index contributed by atoms with van der Waals surface area (Å²) in [5.41, 5.74) is 2.99. The van der Waals surface area contributed by atoms with Crippen LogP contribution in [0.15, 0.2) is 54.6 Å². The van der Waals surface area contributed by atoms with E-state index in [1.54, 1.807) is 0 Å². The molecular weight excluding hydrogens is 324 g/mol. The van der Waals surface area contributed by atoms with E-state index in [4.69, 9.17) is 0 Å². The third kappa shape index (κ3) is 5.73. The molecule has 4 heteroatoms. The molecular formula is C22H28N2O2. The lowest BCUT2D eigenvalue weighted by Gasteiger charge is -2.26. The second kappa shape index (κ2) is 9.76. The topological polar surface area (TPSA) is 49.4 Å². The van der Waals surface area contributed by atoms with Crippen LogP contribution < -0.4 is 10.2 Å². The second-order valence-electron chi connectivity index (χ2n) is 6.60. The molecule has 0 aliphatic rings. The molecule has 2 aromatic carbocycles. The van der Waals surface area contributed by atoms with Gasteiger partial charge in [-0.3, -0.25) is 9.59 Å². The summed E-state index contributed by atoms with van der Waals surface area (Å²) < 4.78 is 0. The van der Waals surface area contributed by atoms with Crippen molar-refractivity contribution in [3.63, 3.8) is 0 Å². The molecule has 2 amide bonds. The maximum absolute atomic E-state index is 13.1. The fourth-order valence-corrected chi connectivity index (χ4v) is 2.90. The van der Waals surface area contributed by atoms with Crippen LogP contribution in [0.4, 0.5) is 5.69 Å². The van der Waals surface area contributed by atoms with Gasteiger partial charge in [-0.15, -0.1) is 0 Å². The number of aryl methyl sites for hydroxylation is 1. The molecule has 0 radical (unpaired) electrons. The van der Waals surface area contributed by atoms with E-state index in [2.05, 4.69) is 12.2 Å². The van der Waals surface area contributed by atoms with Gasteiger partial charge in [0.15, 0.2) is 0 Å². The van der Waals surface area contributed by atoms with Crippen molar-refractivity contribution < 1.29 is 9.59 Å². The minimum absolute atomic E-state index is 0.0176. The molecule has 0 heterocycles. The van der Waals surface area contributed by atoms with E-state index in [1.807, 2.05) is 66.4 Å². The van der Waals surface area contributed by atoms with Gasteiger partial charge >= 0.3 is 0 Å². The number of hydrogen-bond acceptors (Lipinski definition) is 2. The van der Waals surface area contributed by atoms with Crippen molar-refractivity contribution >= 4 is 17.5 Å². The number of hydrogen-bond donors (Lipinski definition) is 1. The molecule has 0 fully saturated rings. The third-order valence-corrected chi connectivity index (χ3v) is 4.34. The lowest BCUT2D eigenvalue weighted by molar-refractivity contribution is -0.121. The van der Waals surface area contributed by atoms with Crippen molar-refractivity contribution in [1.29, 1.82) is 0 Å². The summed E-state index contributed by atoms with van der Waals surface area (Å²) in [6.07, 6.45) is 2.20.